The van der Waals surface area contributed by atoms with Crippen LogP contribution in [0.25, 0.3) is 0 Å². The van der Waals surface area contributed by atoms with Crippen molar-refractivity contribution in [3.63, 3.8) is 0 Å². The van der Waals surface area contributed by atoms with Gasteiger partial charge in [-0.25, -0.2) is 0 Å². The molecule has 0 radical (unpaired) electrons. The molecule has 0 N–H and O–H groups in total. The zero-order valence-corrected chi connectivity index (χ0v) is 9.68. The summed E-state index contributed by atoms with van der Waals surface area (Å²) in [7, 11) is 0. The van der Waals surface area contributed by atoms with Crippen molar-refractivity contribution in [2.75, 3.05) is 0 Å². The first-order chi connectivity index (χ1) is 7.79. The number of alkyl halides is 4. The second kappa shape index (κ2) is 5.40. The number of rotatable bonds is 3. The molecule has 0 amide bonds. The van der Waals surface area contributed by atoms with Gasteiger partial charge in [-0.1, -0.05) is 29.8 Å². The van der Waals surface area contributed by atoms with Gasteiger partial charge >= 0.3 is 12.1 Å². The van der Waals surface area contributed by atoms with Crippen LogP contribution in [-0.4, -0.2) is 11.5 Å². The average molecular weight is 267 g/mol. The van der Waals surface area contributed by atoms with Crippen LogP contribution in [0.15, 0.2) is 24.3 Å². The molecule has 0 saturated heterocycles. The average Bonchev–Trinajstić information content (AvgIpc) is 2.15. The molecule has 0 bridgehead atoms. The van der Waals surface area contributed by atoms with Crippen molar-refractivity contribution in [3.05, 3.63) is 35.4 Å². The van der Waals surface area contributed by atoms with Crippen LogP contribution in [-0.2, 0) is 22.1 Å². The third-order valence-corrected chi connectivity index (χ3v) is 2.19. The number of carbonyl (C=O) groups excluding carboxylic acids is 1. The first kappa shape index (κ1) is 13.8. The smallest absolute Gasteiger partial charge is 0.416 e. The lowest BCUT2D eigenvalue weighted by Crippen LogP contribution is -2.13. The summed E-state index contributed by atoms with van der Waals surface area (Å²) in [5, 5.41) is 0. The van der Waals surface area contributed by atoms with Crippen LogP contribution in [0.1, 0.15) is 18.1 Å². The van der Waals surface area contributed by atoms with E-state index in [4.69, 9.17) is 11.6 Å². The van der Waals surface area contributed by atoms with E-state index in [9.17, 15) is 18.0 Å². The fourth-order valence-corrected chi connectivity index (χ4v) is 1.59. The van der Waals surface area contributed by atoms with Gasteiger partial charge in [0.05, 0.1) is 5.56 Å². The molecule has 0 saturated carbocycles. The molecule has 17 heavy (non-hydrogen) atoms. The minimum Gasteiger partial charge on any atom is -0.446 e. The predicted molar refractivity (Wildman–Crippen MR) is 56.6 cm³/mol. The fraction of sp³-hybridized carbons (Fsp3) is 0.364. The zero-order chi connectivity index (χ0) is 13.1. The number of esters is 1. The first-order valence-electron chi connectivity index (χ1n) is 4.76. The lowest BCUT2D eigenvalue weighted by Gasteiger charge is -2.11. The SMILES string of the molecule is CC(=O)OC(Cl)Cc1cccc(C(F)(F)F)c1. The highest BCUT2D eigenvalue weighted by Gasteiger charge is 2.30. The van der Waals surface area contributed by atoms with Crippen molar-refractivity contribution in [3.8, 4) is 0 Å². The molecule has 0 aliphatic heterocycles. The third kappa shape index (κ3) is 4.65. The second-order valence-corrected chi connectivity index (χ2v) is 3.91. The normalized spacial score (nSPS) is 13.2. The van der Waals surface area contributed by atoms with Gasteiger partial charge in [-0.3, -0.25) is 4.79 Å². The second-order valence-electron chi connectivity index (χ2n) is 3.42. The summed E-state index contributed by atoms with van der Waals surface area (Å²) >= 11 is 5.65. The summed E-state index contributed by atoms with van der Waals surface area (Å²) in [4.78, 5) is 10.6. The monoisotopic (exact) mass is 266 g/mol. The van der Waals surface area contributed by atoms with E-state index in [0.29, 0.717) is 5.56 Å². The number of carbonyl (C=O) groups is 1. The Bertz CT molecular complexity index is 404. The van der Waals surface area contributed by atoms with Crippen molar-refractivity contribution in [1.82, 2.24) is 0 Å². The minimum absolute atomic E-state index is 0.0328. The standard InChI is InChI=1S/C11H10ClF3O2/c1-7(16)17-10(12)6-8-3-2-4-9(5-8)11(13,14)15/h2-5,10H,6H2,1H3. The lowest BCUT2D eigenvalue weighted by atomic mass is 10.1. The molecule has 1 unspecified atom stereocenters. The molecule has 0 aliphatic carbocycles. The first-order valence-corrected chi connectivity index (χ1v) is 5.20. The number of halogens is 4. The van der Waals surface area contributed by atoms with Crippen LogP contribution in [0.3, 0.4) is 0 Å². The molecular weight excluding hydrogens is 257 g/mol. The molecule has 6 heteroatoms. The molecular formula is C11H10ClF3O2. The molecule has 1 aromatic rings. The van der Waals surface area contributed by atoms with Crippen LogP contribution >= 0.6 is 11.6 Å². The van der Waals surface area contributed by atoms with Crippen molar-refractivity contribution >= 4 is 17.6 Å². The lowest BCUT2D eigenvalue weighted by molar-refractivity contribution is -0.143. The highest BCUT2D eigenvalue weighted by molar-refractivity contribution is 6.20. The molecule has 0 heterocycles. The maximum absolute atomic E-state index is 12.4. The Balaban J connectivity index is 2.76. The Morgan fingerprint density at radius 2 is 2.12 bits per heavy atom. The van der Waals surface area contributed by atoms with E-state index in [1.807, 2.05) is 0 Å². The van der Waals surface area contributed by atoms with E-state index < -0.39 is 23.3 Å². The Morgan fingerprint density at radius 1 is 1.47 bits per heavy atom. The van der Waals surface area contributed by atoms with Gasteiger partial charge in [0, 0.05) is 13.3 Å². The summed E-state index contributed by atoms with van der Waals surface area (Å²) in [6, 6.07) is 4.74. The highest BCUT2D eigenvalue weighted by atomic mass is 35.5. The van der Waals surface area contributed by atoms with Crippen LogP contribution in [0.4, 0.5) is 13.2 Å². The van der Waals surface area contributed by atoms with E-state index in [2.05, 4.69) is 4.74 Å². The van der Waals surface area contributed by atoms with E-state index in [0.717, 1.165) is 12.1 Å². The molecule has 1 atom stereocenters. The van der Waals surface area contributed by atoms with Crippen LogP contribution in [0, 0.1) is 0 Å². The van der Waals surface area contributed by atoms with Gasteiger partial charge in [0.1, 0.15) is 0 Å². The Morgan fingerprint density at radius 3 is 2.65 bits per heavy atom. The summed E-state index contributed by atoms with van der Waals surface area (Å²) in [5.74, 6) is -0.572. The maximum atomic E-state index is 12.4. The molecule has 1 rings (SSSR count). The maximum Gasteiger partial charge on any atom is 0.416 e. The summed E-state index contributed by atoms with van der Waals surface area (Å²) < 4.78 is 41.8. The predicted octanol–water partition coefficient (Wildman–Crippen LogP) is 3.38. The largest absolute Gasteiger partial charge is 0.446 e. The summed E-state index contributed by atoms with van der Waals surface area (Å²) in [6.45, 7) is 1.18. The topological polar surface area (TPSA) is 26.3 Å². The number of benzene rings is 1. The molecule has 2 nitrogen and oxygen atoms in total. The molecule has 1 aromatic carbocycles. The van der Waals surface area contributed by atoms with Crippen molar-refractivity contribution in [2.24, 2.45) is 0 Å². The van der Waals surface area contributed by atoms with E-state index in [1.165, 1.54) is 19.1 Å². The Labute approximate surface area is 101 Å². The van der Waals surface area contributed by atoms with E-state index >= 15 is 0 Å². The van der Waals surface area contributed by atoms with Crippen molar-refractivity contribution in [1.29, 1.82) is 0 Å². The van der Waals surface area contributed by atoms with Crippen molar-refractivity contribution < 1.29 is 22.7 Å². The van der Waals surface area contributed by atoms with Crippen LogP contribution < -0.4 is 0 Å². The summed E-state index contributed by atoms with van der Waals surface area (Å²) in [5.41, 5.74) is -1.35. The van der Waals surface area contributed by atoms with Gasteiger partial charge in [0.2, 0.25) is 0 Å². The molecule has 0 spiro atoms. The van der Waals surface area contributed by atoms with Crippen molar-refractivity contribution in [2.45, 2.75) is 25.1 Å². The van der Waals surface area contributed by atoms with Gasteiger partial charge in [-0.15, -0.1) is 0 Å². The van der Waals surface area contributed by atoms with Gasteiger partial charge in [0.25, 0.3) is 0 Å². The third-order valence-electron chi connectivity index (χ3n) is 1.94. The Hall–Kier alpha value is -1.23. The van der Waals surface area contributed by atoms with Gasteiger partial charge in [-0.05, 0) is 11.6 Å². The van der Waals surface area contributed by atoms with Gasteiger partial charge in [-0.2, -0.15) is 13.2 Å². The van der Waals surface area contributed by atoms with Crippen LogP contribution in [0.2, 0.25) is 0 Å². The van der Waals surface area contributed by atoms with Gasteiger partial charge < -0.3 is 4.74 Å². The van der Waals surface area contributed by atoms with Crippen LogP contribution in [0.5, 0.6) is 0 Å². The molecule has 0 fully saturated rings. The molecule has 0 aromatic heterocycles. The quantitative estimate of drug-likeness (QED) is 0.619. The summed E-state index contributed by atoms with van der Waals surface area (Å²) in [6.07, 6.45) is -4.36. The van der Waals surface area contributed by atoms with E-state index in [-0.39, 0.29) is 6.42 Å². The van der Waals surface area contributed by atoms with E-state index in [1.54, 1.807) is 0 Å². The minimum atomic E-state index is -4.39. The number of hydrogen-bond donors (Lipinski definition) is 0. The molecule has 94 valence electrons. The fourth-order valence-electron chi connectivity index (χ4n) is 1.28. The number of hydrogen-bond acceptors (Lipinski definition) is 2. The zero-order valence-electron chi connectivity index (χ0n) is 8.92. The molecule has 0 aliphatic rings. The van der Waals surface area contributed by atoms with Gasteiger partial charge in [0.15, 0.2) is 5.56 Å². The Kier molecular flexibility index (Phi) is 4.40. The number of ether oxygens (including phenoxy) is 1. The highest BCUT2D eigenvalue weighted by Crippen LogP contribution is 2.29.